The summed E-state index contributed by atoms with van der Waals surface area (Å²) in [5, 5.41) is 0. The van der Waals surface area contributed by atoms with Gasteiger partial charge < -0.3 is 14.8 Å². The Bertz CT molecular complexity index is 1070. The van der Waals surface area contributed by atoms with Crippen molar-refractivity contribution in [2.75, 3.05) is 42.6 Å². The number of H-pyrrole nitrogens is 1. The molecule has 4 heterocycles. The highest BCUT2D eigenvalue weighted by atomic mass is 32.2. The van der Waals surface area contributed by atoms with E-state index >= 15 is 0 Å². The van der Waals surface area contributed by atoms with Gasteiger partial charge in [0.15, 0.2) is 0 Å². The van der Waals surface area contributed by atoms with Gasteiger partial charge in [-0.1, -0.05) is 18.2 Å². The molecule has 2 aliphatic heterocycles. The number of nitrogens with one attached hydrogen (secondary N) is 1. The van der Waals surface area contributed by atoms with Crippen LogP contribution in [-0.4, -0.2) is 74.4 Å². The van der Waals surface area contributed by atoms with E-state index in [2.05, 4.69) is 53.9 Å². The zero-order valence-electron chi connectivity index (χ0n) is 20.4. The van der Waals surface area contributed by atoms with E-state index in [1.54, 1.807) is 12.4 Å². The van der Waals surface area contributed by atoms with Crippen LogP contribution in [0.2, 0.25) is 0 Å². The molecule has 0 spiro atoms. The minimum Gasteiger partial charge on any atom is -0.370 e. The third kappa shape index (κ3) is 6.05. The number of rotatable bonds is 7. The van der Waals surface area contributed by atoms with Crippen LogP contribution in [-0.2, 0) is 13.1 Å². The van der Waals surface area contributed by atoms with Crippen LogP contribution in [0.3, 0.4) is 0 Å². The Morgan fingerprint density at radius 3 is 2.49 bits per heavy atom. The van der Waals surface area contributed by atoms with Crippen LogP contribution >= 0.6 is 11.8 Å². The van der Waals surface area contributed by atoms with Crippen LogP contribution in [0.4, 0.5) is 5.69 Å². The van der Waals surface area contributed by atoms with E-state index < -0.39 is 0 Å². The number of thioether (sulfide) groups is 1. The van der Waals surface area contributed by atoms with Gasteiger partial charge >= 0.3 is 0 Å². The molecule has 3 aromatic rings. The molecule has 0 radical (unpaired) electrons. The second kappa shape index (κ2) is 11.3. The second-order valence-corrected chi connectivity index (χ2v) is 10.7. The number of amides is 1. The van der Waals surface area contributed by atoms with Crippen molar-refractivity contribution in [3.63, 3.8) is 0 Å². The quantitative estimate of drug-likeness (QED) is 0.541. The van der Waals surface area contributed by atoms with Crippen molar-refractivity contribution in [2.24, 2.45) is 0 Å². The summed E-state index contributed by atoms with van der Waals surface area (Å²) in [4.78, 5) is 32.6. The maximum atomic E-state index is 13.6. The molecule has 1 amide bonds. The van der Waals surface area contributed by atoms with Gasteiger partial charge in [0.1, 0.15) is 11.5 Å². The number of hydrogen-bond donors (Lipinski definition) is 1. The molecule has 35 heavy (non-hydrogen) atoms. The number of carbonyl (C=O) groups is 1. The molecule has 2 aromatic heterocycles. The number of pyridine rings is 1. The maximum Gasteiger partial charge on any atom is 0.272 e. The van der Waals surface area contributed by atoms with Gasteiger partial charge in [0.05, 0.1) is 6.54 Å². The molecular weight excluding hydrogens is 456 g/mol. The molecule has 1 N–H and O–H groups in total. The lowest BCUT2D eigenvalue weighted by Crippen LogP contribution is -2.47. The minimum absolute atomic E-state index is 0.0200. The lowest BCUT2D eigenvalue weighted by molar-refractivity contribution is 0.0535. The van der Waals surface area contributed by atoms with Crippen molar-refractivity contribution in [3.8, 4) is 0 Å². The summed E-state index contributed by atoms with van der Waals surface area (Å²) in [6, 6.07) is 12.8. The van der Waals surface area contributed by atoms with Crippen LogP contribution in [0.1, 0.15) is 40.3 Å². The van der Waals surface area contributed by atoms with Crippen LogP contribution in [0, 0.1) is 6.92 Å². The SMILES string of the molecule is Cc1ccc(C(=O)N(Cc2ccc(N3CCSCC3)cc2)C2CCN(Cc3ncc[nH]3)CC2)nc1. The number of benzene rings is 1. The summed E-state index contributed by atoms with van der Waals surface area (Å²) in [5.41, 5.74) is 4.03. The normalized spacial score (nSPS) is 17.5. The fraction of sp³-hybridized carbons (Fsp3) is 0.444. The number of anilines is 1. The lowest BCUT2D eigenvalue weighted by Gasteiger charge is -2.38. The number of nitrogens with zero attached hydrogens (tertiary/aromatic N) is 5. The molecule has 7 nitrogen and oxygen atoms in total. The highest BCUT2D eigenvalue weighted by Crippen LogP contribution is 2.24. The van der Waals surface area contributed by atoms with Crippen molar-refractivity contribution in [1.29, 1.82) is 0 Å². The number of aryl methyl sites for hydroxylation is 1. The standard InChI is InChI=1S/C27H34N6OS/c1-21-2-7-25(30-18-21)27(34)33(24-8-12-31(13-9-24)20-26-28-10-11-29-26)19-22-3-5-23(6-4-22)32-14-16-35-17-15-32/h2-7,10-11,18,24H,8-9,12-17,19-20H2,1H3,(H,28,29). The number of carbonyl (C=O) groups excluding carboxylic acids is 1. The first kappa shape index (κ1) is 23.9. The van der Waals surface area contributed by atoms with Gasteiger partial charge in [-0.25, -0.2) is 4.98 Å². The molecule has 2 aliphatic rings. The van der Waals surface area contributed by atoms with E-state index in [0.717, 1.165) is 57.0 Å². The topological polar surface area (TPSA) is 68.4 Å². The molecular formula is C27H34N6OS. The summed E-state index contributed by atoms with van der Waals surface area (Å²) < 4.78 is 0. The number of aromatic nitrogens is 3. The van der Waals surface area contributed by atoms with Gasteiger partial charge in [-0.2, -0.15) is 11.8 Å². The van der Waals surface area contributed by atoms with Gasteiger partial charge in [-0.05, 0) is 49.1 Å². The van der Waals surface area contributed by atoms with Crippen molar-refractivity contribution in [3.05, 3.63) is 77.6 Å². The highest BCUT2D eigenvalue weighted by molar-refractivity contribution is 7.99. The third-order valence-corrected chi connectivity index (χ3v) is 7.93. The Morgan fingerprint density at radius 2 is 1.83 bits per heavy atom. The average molecular weight is 491 g/mol. The molecule has 5 rings (SSSR count). The molecule has 8 heteroatoms. The number of aromatic amines is 1. The molecule has 0 bridgehead atoms. The van der Waals surface area contributed by atoms with Gasteiger partial charge in [0.2, 0.25) is 0 Å². The Morgan fingerprint density at radius 1 is 1.06 bits per heavy atom. The molecule has 0 saturated carbocycles. The maximum absolute atomic E-state index is 13.6. The lowest BCUT2D eigenvalue weighted by atomic mass is 10.0. The van der Waals surface area contributed by atoms with Crippen molar-refractivity contribution in [1.82, 2.24) is 24.8 Å². The zero-order valence-corrected chi connectivity index (χ0v) is 21.2. The van der Waals surface area contributed by atoms with E-state index in [9.17, 15) is 4.79 Å². The predicted octanol–water partition coefficient (Wildman–Crippen LogP) is 3.97. The highest BCUT2D eigenvalue weighted by Gasteiger charge is 2.29. The van der Waals surface area contributed by atoms with Gasteiger partial charge in [-0.15, -0.1) is 0 Å². The minimum atomic E-state index is 0.0200. The van der Waals surface area contributed by atoms with Crippen molar-refractivity contribution in [2.45, 2.75) is 38.9 Å². The van der Waals surface area contributed by atoms with Gasteiger partial charge in [-0.3, -0.25) is 14.7 Å². The Balaban J connectivity index is 1.29. The molecule has 2 fully saturated rings. The number of piperidine rings is 1. The van der Waals surface area contributed by atoms with E-state index in [-0.39, 0.29) is 11.9 Å². The molecule has 184 valence electrons. The zero-order chi connectivity index (χ0) is 24.0. The van der Waals surface area contributed by atoms with Gasteiger partial charge in [0, 0.05) is 74.5 Å². The van der Waals surface area contributed by atoms with Gasteiger partial charge in [0.25, 0.3) is 5.91 Å². The van der Waals surface area contributed by atoms with E-state index in [1.807, 2.05) is 37.0 Å². The number of imidazole rings is 1. The molecule has 2 saturated heterocycles. The monoisotopic (exact) mass is 490 g/mol. The molecule has 0 atom stereocenters. The van der Waals surface area contributed by atoms with Crippen molar-refractivity contribution >= 4 is 23.4 Å². The van der Waals surface area contributed by atoms with Crippen molar-refractivity contribution < 1.29 is 4.79 Å². The smallest absolute Gasteiger partial charge is 0.272 e. The predicted molar refractivity (Wildman–Crippen MR) is 142 cm³/mol. The van der Waals surface area contributed by atoms with E-state index in [4.69, 9.17) is 0 Å². The summed E-state index contributed by atoms with van der Waals surface area (Å²) in [7, 11) is 0. The first-order valence-corrected chi connectivity index (χ1v) is 13.7. The largest absolute Gasteiger partial charge is 0.370 e. The first-order chi connectivity index (χ1) is 17.2. The van der Waals surface area contributed by atoms with Crippen LogP contribution in [0.25, 0.3) is 0 Å². The summed E-state index contributed by atoms with van der Waals surface area (Å²) in [6.07, 6.45) is 7.34. The summed E-state index contributed by atoms with van der Waals surface area (Å²) in [6.45, 7) is 7.52. The summed E-state index contributed by atoms with van der Waals surface area (Å²) in [5.74, 6) is 3.39. The van der Waals surface area contributed by atoms with Crippen LogP contribution < -0.4 is 4.90 Å². The van der Waals surface area contributed by atoms with Crippen LogP contribution in [0.15, 0.2) is 55.0 Å². The Hall–Kier alpha value is -2.84. The fourth-order valence-electron chi connectivity index (χ4n) is 4.92. The Labute approximate surface area is 211 Å². The van der Waals surface area contributed by atoms with Crippen LogP contribution in [0.5, 0.6) is 0 Å². The molecule has 0 unspecified atom stereocenters. The van der Waals surface area contributed by atoms with E-state index in [1.165, 1.54) is 22.8 Å². The summed E-state index contributed by atoms with van der Waals surface area (Å²) >= 11 is 2.02. The average Bonchev–Trinajstić information content (AvgIpc) is 3.42. The van der Waals surface area contributed by atoms with E-state index in [0.29, 0.717) is 12.2 Å². The number of hydrogen-bond acceptors (Lipinski definition) is 6. The fourth-order valence-corrected chi connectivity index (χ4v) is 5.83. The number of likely N-dealkylation sites (tertiary alicyclic amines) is 1. The molecule has 0 aliphatic carbocycles. The third-order valence-electron chi connectivity index (χ3n) is 6.98. The Kier molecular flexibility index (Phi) is 7.69. The molecule has 1 aromatic carbocycles. The second-order valence-electron chi connectivity index (χ2n) is 9.46. The first-order valence-electron chi connectivity index (χ1n) is 12.5.